The molecule has 6 heteroatoms. The normalized spacial score (nSPS) is 11.2. The third kappa shape index (κ3) is 3.44. The number of carboxylic acid groups (broad SMARTS) is 1. The van der Waals surface area contributed by atoms with Crippen LogP contribution in [0.5, 0.6) is 0 Å². The molecule has 0 bridgehead atoms. The summed E-state index contributed by atoms with van der Waals surface area (Å²) in [5.41, 5.74) is -0.988. The highest BCUT2D eigenvalue weighted by Crippen LogP contribution is 2.29. The molecular formula is C13H15ClFNO3. The molecule has 0 aromatic heterocycles. The molecule has 1 rings (SSSR count). The molecule has 0 atom stereocenters. The first-order chi connectivity index (χ1) is 8.66. The zero-order valence-electron chi connectivity index (χ0n) is 10.9. The van der Waals surface area contributed by atoms with Crippen LogP contribution < -0.4 is 0 Å². The number of aliphatic carboxylic acids is 1. The van der Waals surface area contributed by atoms with Gasteiger partial charge in [0, 0.05) is 17.6 Å². The van der Waals surface area contributed by atoms with Crippen molar-refractivity contribution in [1.29, 1.82) is 0 Å². The van der Waals surface area contributed by atoms with Crippen LogP contribution in [-0.4, -0.2) is 35.5 Å². The number of amides is 1. The molecule has 0 fully saturated rings. The van der Waals surface area contributed by atoms with Crippen molar-refractivity contribution >= 4 is 23.5 Å². The van der Waals surface area contributed by atoms with Gasteiger partial charge in [0.2, 0.25) is 5.91 Å². The lowest BCUT2D eigenvalue weighted by atomic mass is 9.83. The van der Waals surface area contributed by atoms with Gasteiger partial charge >= 0.3 is 5.97 Å². The van der Waals surface area contributed by atoms with Crippen LogP contribution in [0.2, 0.25) is 5.02 Å². The molecule has 0 aliphatic carbocycles. The average molecular weight is 288 g/mol. The van der Waals surface area contributed by atoms with E-state index in [1.807, 2.05) is 0 Å². The third-order valence-electron chi connectivity index (χ3n) is 2.86. The summed E-state index contributed by atoms with van der Waals surface area (Å²) in [6.45, 7) is 2.65. The molecule has 19 heavy (non-hydrogen) atoms. The number of benzene rings is 1. The Morgan fingerprint density at radius 1 is 1.42 bits per heavy atom. The minimum Gasteiger partial charge on any atom is -0.480 e. The maximum atomic E-state index is 13.9. The van der Waals surface area contributed by atoms with Gasteiger partial charge in [-0.25, -0.2) is 4.39 Å². The van der Waals surface area contributed by atoms with E-state index in [2.05, 4.69) is 0 Å². The number of likely N-dealkylation sites (N-methyl/N-ethyl adjacent to an activating group) is 1. The number of hydrogen-bond acceptors (Lipinski definition) is 2. The number of carboxylic acids is 1. The van der Waals surface area contributed by atoms with Gasteiger partial charge in [-0.1, -0.05) is 17.7 Å². The van der Waals surface area contributed by atoms with Crippen molar-refractivity contribution in [3.63, 3.8) is 0 Å². The van der Waals surface area contributed by atoms with Gasteiger partial charge in [0.1, 0.15) is 12.4 Å². The highest BCUT2D eigenvalue weighted by atomic mass is 35.5. The van der Waals surface area contributed by atoms with Gasteiger partial charge in [0.15, 0.2) is 0 Å². The first kappa shape index (κ1) is 15.4. The average Bonchev–Trinajstić information content (AvgIpc) is 2.26. The molecule has 4 nitrogen and oxygen atoms in total. The van der Waals surface area contributed by atoms with Crippen molar-refractivity contribution < 1.29 is 19.1 Å². The Labute approximate surface area is 115 Å². The quantitative estimate of drug-likeness (QED) is 0.924. The highest BCUT2D eigenvalue weighted by molar-refractivity contribution is 6.30. The Balaban J connectivity index is 3.08. The minimum absolute atomic E-state index is 0.180. The van der Waals surface area contributed by atoms with Crippen molar-refractivity contribution in [2.24, 2.45) is 0 Å². The lowest BCUT2D eigenvalue weighted by molar-refractivity contribution is -0.145. The number of hydrogen-bond donors (Lipinski definition) is 1. The largest absolute Gasteiger partial charge is 0.480 e. The Bertz CT molecular complexity index is 517. The zero-order valence-corrected chi connectivity index (χ0v) is 11.7. The van der Waals surface area contributed by atoms with Crippen LogP contribution in [0.1, 0.15) is 19.4 Å². The molecule has 0 unspecified atom stereocenters. The molecule has 1 amide bonds. The van der Waals surface area contributed by atoms with Crippen LogP contribution in [0, 0.1) is 5.82 Å². The molecule has 0 aliphatic heterocycles. The minimum atomic E-state index is -1.17. The summed E-state index contributed by atoms with van der Waals surface area (Å²) >= 11 is 5.66. The van der Waals surface area contributed by atoms with Crippen LogP contribution in [-0.2, 0) is 15.0 Å². The molecule has 104 valence electrons. The van der Waals surface area contributed by atoms with Crippen LogP contribution >= 0.6 is 11.6 Å². The van der Waals surface area contributed by atoms with Crippen molar-refractivity contribution in [2.45, 2.75) is 19.3 Å². The fraction of sp³-hybridized carbons (Fsp3) is 0.385. The van der Waals surface area contributed by atoms with Gasteiger partial charge in [0.05, 0.1) is 5.41 Å². The van der Waals surface area contributed by atoms with Gasteiger partial charge in [-0.05, 0) is 26.0 Å². The number of carbonyl (C=O) groups excluding carboxylic acids is 1. The number of halogens is 2. The van der Waals surface area contributed by atoms with Crippen LogP contribution in [0.3, 0.4) is 0 Å². The number of nitrogens with zero attached hydrogens (tertiary/aromatic N) is 1. The Morgan fingerprint density at radius 2 is 2.00 bits per heavy atom. The van der Waals surface area contributed by atoms with E-state index < -0.39 is 29.7 Å². The lowest BCUT2D eigenvalue weighted by Gasteiger charge is -2.29. The predicted octanol–water partition coefficient (Wildman–Crippen LogP) is 2.30. The molecule has 1 N–H and O–H groups in total. The van der Waals surface area contributed by atoms with Gasteiger partial charge < -0.3 is 10.0 Å². The molecule has 0 radical (unpaired) electrons. The second-order valence-corrected chi connectivity index (χ2v) is 5.24. The molecule has 1 aromatic carbocycles. The summed E-state index contributed by atoms with van der Waals surface area (Å²) in [6.07, 6.45) is 0. The van der Waals surface area contributed by atoms with E-state index in [1.165, 1.54) is 19.2 Å². The van der Waals surface area contributed by atoms with Crippen molar-refractivity contribution in [3.8, 4) is 0 Å². The monoisotopic (exact) mass is 287 g/mol. The summed E-state index contributed by atoms with van der Waals surface area (Å²) in [6, 6.07) is 4.06. The first-order valence-electron chi connectivity index (χ1n) is 5.59. The van der Waals surface area contributed by atoms with Gasteiger partial charge in [0.25, 0.3) is 0 Å². The topological polar surface area (TPSA) is 57.6 Å². The molecule has 0 aliphatic rings. The van der Waals surface area contributed by atoms with E-state index in [0.717, 1.165) is 11.0 Å². The van der Waals surface area contributed by atoms with Crippen LogP contribution in [0.15, 0.2) is 18.2 Å². The summed E-state index contributed by atoms with van der Waals surface area (Å²) in [5.74, 6) is -2.19. The van der Waals surface area contributed by atoms with Crippen LogP contribution in [0.25, 0.3) is 0 Å². The highest BCUT2D eigenvalue weighted by Gasteiger charge is 2.35. The third-order valence-corrected chi connectivity index (χ3v) is 3.09. The van der Waals surface area contributed by atoms with Crippen molar-refractivity contribution in [3.05, 3.63) is 34.6 Å². The molecule has 0 saturated carbocycles. The van der Waals surface area contributed by atoms with E-state index in [4.69, 9.17) is 16.7 Å². The fourth-order valence-electron chi connectivity index (χ4n) is 1.86. The summed E-state index contributed by atoms with van der Waals surface area (Å²) in [5, 5.41) is 8.91. The van der Waals surface area contributed by atoms with Gasteiger partial charge in [-0.2, -0.15) is 0 Å². The van der Waals surface area contributed by atoms with Gasteiger partial charge in [-0.15, -0.1) is 0 Å². The zero-order chi connectivity index (χ0) is 14.8. The van der Waals surface area contributed by atoms with Gasteiger partial charge in [-0.3, -0.25) is 9.59 Å². The van der Waals surface area contributed by atoms with E-state index in [9.17, 15) is 14.0 Å². The van der Waals surface area contributed by atoms with Crippen LogP contribution in [0.4, 0.5) is 4.39 Å². The number of carbonyl (C=O) groups is 2. The Hall–Kier alpha value is -1.62. The number of rotatable bonds is 4. The van der Waals surface area contributed by atoms with E-state index >= 15 is 0 Å². The molecule has 0 heterocycles. The van der Waals surface area contributed by atoms with Crippen molar-refractivity contribution in [2.75, 3.05) is 13.6 Å². The van der Waals surface area contributed by atoms with E-state index in [0.29, 0.717) is 0 Å². The molecule has 0 spiro atoms. The molecule has 0 saturated heterocycles. The van der Waals surface area contributed by atoms with E-state index in [-0.39, 0.29) is 10.6 Å². The Morgan fingerprint density at radius 3 is 2.47 bits per heavy atom. The Kier molecular flexibility index (Phi) is 4.52. The second-order valence-electron chi connectivity index (χ2n) is 4.80. The SMILES string of the molecule is CN(CC(=O)O)C(=O)C(C)(C)c1ccc(Cl)cc1F. The molecular weight excluding hydrogens is 273 g/mol. The molecule has 1 aromatic rings. The first-order valence-corrected chi connectivity index (χ1v) is 5.97. The predicted molar refractivity (Wildman–Crippen MR) is 69.7 cm³/mol. The smallest absolute Gasteiger partial charge is 0.323 e. The lowest BCUT2D eigenvalue weighted by Crippen LogP contribution is -2.43. The maximum absolute atomic E-state index is 13.9. The second kappa shape index (κ2) is 5.57. The van der Waals surface area contributed by atoms with Crippen molar-refractivity contribution in [1.82, 2.24) is 4.90 Å². The summed E-state index contributed by atoms with van der Waals surface area (Å²) in [4.78, 5) is 23.9. The summed E-state index contributed by atoms with van der Waals surface area (Å²) < 4.78 is 13.9. The fourth-order valence-corrected chi connectivity index (χ4v) is 2.02. The standard InChI is InChI=1S/C13H15ClFNO3/c1-13(2,12(19)16(3)7-11(17)18)9-5-4-8(14)6-10(9)15/h4-6H,7H2,1-3H3,(H,17,18). The van der Waals surface area contributed by atoms with E-state index in [1.54, 1.807) is 13.8 Å². The summed E-state index contributed by atoms with van der Waals surface area (Å²) in [7, 11) is 1.37. The maximum Gasteiger partial charge on any atom is 0.323 e.